The van der Waals surface area contributed by atoms with Crippen molar-refractivity contribution >= 4 is 17.7 Å². The number of carbonyl (C=O) groups is 3. The van der Waals surface area contributed by atoms with Crippen LogP contribution in [0.4, 0.5) is 13.2 Å². The summed E-state index contributed by atoms with van der Waals surface area (Å²) in [5, 5.41) is 2.17. The van der Waals surface area contributed by atoms with Crippen LogP contribution in [0.3, 0.4) is 0 Å². The lowest BCUT2D eigenvalue weighted by Crippen LogP contribution is -2.49. The maximum atomic E-state index is 12.9. The number of halogens is 3. The number of rotatable bonds is 3. The standard InChI is InChI=1S/C15H19F3N2O3/c16-15(17,18)9-3-1-2-8(6-9)14(23)20(10-4-5-10)11-7-12(21)19-13(11)22/h8-11H,1-7H2,(H,19,21,22). The predicted octanol–water partition coefficient (Wildman–Crippen LogP) is 1.76. The highest BCUT2D eigenvalue weighted by atomic mass is 19.4. The minimum absolute atomic E-state index is 0.0547. The van der Waals surface area contributed by atoms with Gasteiger partial charge in [0.05, 0.1) is 12.3 Å². The lowest BCUT2D eigenvalue weighted by molar-refractivity contribution is -0.187. The van der Waals surface area contributed by atoms with Crippen LogP contribution in [0, 0.1) is 11.8 Å². The van der Waals surface area contributed by atoms with Crippen molar-refractivity contribution in [2.75, 3.05) is 0 Å². The third kappa shape index (κ3) is 3.35. The van der Waals surface area contributed by atoms with Gasteiger partial charge >= 0.3 is 6.18 Å². The minimum Gasteiger partial charge on any atom is -0.327 e. The molecule has 8 heteroatoms. The number of nitrogens with one attached hydrogen (secondary N) is 1. The third-order valence-corrected chi connectivity index (χ3v) is 4.96. The first kappa shape index (κ1) is 16.3. The fourth-order valence-electron chi connectivity index (χ4n) is 3.63. The van der Waals surface area contributed by atoms with Gasteiger partial charge in [0.1, 0.15) is 6.04 Å². The molecule has 2 aliphatic carbocycles. The van der Waals surface area contributed by atoms with Gasteiger partial charge in [0, 0.05) is 12.0 Å². The highest BCUT2D eigenvalue weighted by Gasteiger charge is 2.49. The summed E-state index contributed by atoms with van der Waals surface area (Å²) in [6.07, 6.45) is -2.29. The van der Waals surface area contributed by atoms with Crippen LogP contribution in [-0.2, 0) is 14.4 Å². The van der Waals surface area contributed by atoms with Crippen LogP contribution in [0.15, 0.2) is 0 Å². The van der Waals surface area contributed by atoms with Crippen molar-refractivity contribution in [2.45, 2.75) is 63.2 Å². The van der Waals surface area contributed by atoms with Gasteiger partial charge in [-0.05, 0) is 32.1 Å². The van der Waals surface area contributed by atoms with E-state index in [1.165, 1.54) is 4.90 Å². The summed E-state index contributed by atoms with van der Waals surface area (Å²) in [6, 6.07) is -0.968. The fourth-order valence-corrected chi connectivity index (χ4v) is 3.63. The second-order valence-electron chi connectivity index (χ2n) is 6.71. The summed E-state index contributed by atoms with van der Waals surface area (Å²) in [5.41, 5.74) is 0. The molecular formula is C15H19F3N2O3. The highest BCUT2D eigenvalue weighted by Crippen LogP contribution is 2.42. The zero-order chi connectivity index (χ0) is 16.8. The monoisotopic (exact) mass is 332 g/mol. The van der Waals surface area contributed by atoms with E-state index in [-0.39, 0.29) is 25.3 Å². The van der Waals surface area contributed by atoms with Crippen LogP contribution in [0.2, 0.25) is 0 Å². The molecule has 23 heavy (non-hydrogen) atoms. The van der Waals surface area contributed by atoms with Crippen LogP contribution in [0.5, 0.6) is 0 Å². The lowest BCUT2D eigenvalue weighted by Gasteiger charge is -2.35. The van der Waals surface area contributed by atoms with Crippen LogP contribution in [0.25, 0.3) is 0 Å². The van der Waals surface area contributed by atoms with E-state index in [9.17, 15) is 27.6 Å². The third-order valence-electron chi connectivity index (χ3n) is 4.96. The van der Waals surface area contributed by atoms with Gasteiger partial charge in [-0.2, -0.15) is 13.2 Å². The summed E-state index contributed by atoms with van der Waals surface area (Å²) in [5.74, 6) is -3.50. The van der Waals surface area contributed by atoms with E-state index in [1.54, 1.807) is 0 Å². The molecule has 1 N–H and O–H groups in total. The van der Waals surface area contributed by atoms with Crippen molar-refractivity contribution in [3.63, 3.8) is 0 Å². The summed E-state index contributed by atoms with van der Waals surface area (Å²) < 4.78 is 38.8. The zero-order valence-electron chi connectivity index (χ0n) is 12.6. The van der Waals surface area contributed by atoms with E-state index in [2.05, 4.69) is 5.32 Å². The Labute approximate surface area is 131 Å². The molecule has 3 atom stereocenters. The first-order valence-electron chi connectivity index (χ1n) is 8.00. The normalized spacial score (nSPS) is 31.9. The largest absolute Gasteiger partial charge is 0.391 e. The molecule has 0 aromatic rings. The molecule has 1 saturated heterocycles. The van der Waals surface area contributed by atoms with Crippen LogP contribution < -0.4 is 5.32 Å². The second kappa shape index (κ2) is 5.79. The average molecular weight is 332 g/mol. The molecular weight excluding hydrogens is 313 g/mol. The molecule has 3 fully saturated rings. The topological polar surface area (TPSA) is 66.5 Å². The Morgan fingerprint density at radius 2 is 1.83 bits per heavy atom. The van der Waals surface area contributed by atoms with E-state index in [0.717, 1.165) is 12.8 Å². The molecule has 2 saturated carbocycles. The summed E-state index contributed by atoms with van der Waals surface area (Å²) >= 11 is 0. The van der Waals surface area contributed by atoms with Gasteiger partial charge in [-0.1, -0.05) is 6.42 Å². The molecule has 128 valence electrons. The van der Waals surface area contributed by atoms with Crippen molar-refractivity contribution in [3.05, 3.63) is 0 Å². The van der Waals surface area contributed by atoms with Crippen LogP contribution >= 0.6 is 0 Å². The zero-order valence-corrected chi connectivity index (χ0v) is 12.6. The van der Waals surface area contributed by atoms with E-state index in [0.29, 0.717) is 12.8 Å². The molecule has 0 aromatic carbocycles. The molecule has 0 aromatic heterocycles. The Morgan fingerprint density at radius 1 is 1.13 bits per heavy atom. The van der Waals surface area contributed by atoms with Crippen molar-refractivity contribution < 1.29 is 27.6 Å². The fraction of sp³-hybridized carbons (Fsp3) is 0.800. The summed E-state index contributed by atoms with van der Waals surface area (Å²) in [6.45, 7) is 0. The number of alkyl halides is 3. The van der Waals surface area contributed by atoms with Crippen LogP contribution in [-0.4, -0.2) is 40.9 Å². The molecule has 1 heterocycles. The Bertz CT molecular complexity index is 531. The molecule has 3 amide bonds. The van der Waals surface area contributed by atoms with Gasteiger partial charge in [0.15, 0.2) is 0 Å². The molecule has 0 bridgehead atoms. The number of hydrogen-bond donors (Lipinski definition) is 1. The van der Waals surface area contributed by atoms with E-state index >= 15 is 0 Å². The lowest BCUT2D eigenvalue weighted by atomic mass is 9.80. The van der Waals surface area contributed by atoms with Crippen LogP contribution in [0.1, 0.15) is 44.9 Å². The summed E-state index contributed by atoms with van der Waals surface area (Å²) in [4.78, 5) is 37.4. The van der Waals surface area contributed by atoms with Gasteiger partial charge in [-0.15, -0.1) is 0 Å². The highest BCUT2D eigenvalue weighted by molar-refractivity contribution is 6.07. The van der Waals surface area contributed by atoms with Gasteiger partial charge in [-0.25, -0.2) is 0 Å². The number of hydrogen-bond acceptors (Lipinski definition) is 3. The number of nitrogens with zero attached hydrogens (tertiary/aromatic N) is 1. The second-order valence-corrected chi connectivity index (χ2v) is 6.71. The molecule has 0 radical (unpaired) electrons. The van der Waals surface area contributed by atoms with Crippen molar-refractivity contribution in [1.29, 1.82) is 0 Å². The van der Waals surface area contributed by atoms with Crippen molar-refractivity contribution in [3.8, 4) is 0 Å². The van der Waals surface area contributed by atoms with Gasteiger partial charge in [0.25, 0.3) is 0 Å². The molecule has 1 aliphatic heterocycles. The Kier molecular flexibility index (Phi) is 4.10. The molecule has 5 nitrogen and oxygen atoms in total. The van der Waals surface area contributed by atoms with Crippen molar-refractivity contribution in [2.24, 2.45) is 11.8 Å². The van der Waals surface area contributed by atoms with E-state index in [1.807, 2.05) is 0 Å². The smallest absolute Gasteiger partial charge is 0.327 e. The van der Waals surface area contributed by atoms with Gasteiger partial charge in [0.2, 0.25) is 17.7 Å². The molecule has 0 spiro atoms. The maximum absolute atomic E-state index is 12.9. The quantitative estimate of drug-likeness (QED) is 0.801. The minimum atomic E-state index is -4.29. The summed E-state index contributed by atoms with van der Waals surface area (Å²) in [7, 11) is 0. The molecule has 3 aliphatic rings. The van der Waals surface area contributed by atoms with Crippen molar-refractivity contribution in [1.82, 2.24) is 10.2 Å². The Hall–Kier alpha value is -1.60. The first-order valence-corrected chi connectivity index (χ1v) is 8.00. The SMILES string of the molecule is O=C1CC(N(C(=O)C2CCCC(C(F)(F)F)C2)C2CC2)C(=O)N1. The Morgan fingerprint density at radius 3 is 2.35 bits per heavy atom. The number of imide groups is 1. The van der Waals surface area contributed by atoms with Gasteiger partial charge < -0.3 is 4.90 Å². The van der Waals surface area contributed by atoms with E-state index < -0.39 is 41.8 Å². The molecule has 3 rings (SSSR count). The maximum Gasteiger partial charge on any atom is 0.391 e. The average Bonchev–Trinajstić information content (AvgIpc) is 3.24. The predicted molar refractivity (Wildman–Crippen MR) is 72.9 cm³/mol. The van der Waals surface area contributed by atoms with Gasteiger partial charge in [-0.3, -0.25) is 19.7 Å². The Balaban J connectivity index is 1.74. The number of carbonyl (C=O) groups excluding carboxylic acids is 3. The number of amides is 3. The van der Waals surface area contributed by atoms with E-state index in [4.69, 9.17) is 0 Å². The first-order chi connectivity index (χ1) is 10.8. The molecule has 3 unspecified atom stereocenters.